The van der Waals surface area contributed by atoms with E-state index in [9.17, 15) is 4.79 Å². The lowest BCUT2D eigenvalue weighted by Gasteiger charge is -2.24. The number of ketones is 1. The van der Waals surface area contributed by atoms with Gasteiger partial charge in [-0.05, 0) is 44.2 Å². The number of Topliss-reactive ketones (excluding diaryl/α,β-unsaturated/α-hetero) is 1. The molecule has 0 saturated heterocycles. The summed E-state index contributed by atoms with van der Waals surface area (Å²) in [5.74, 6) is 0.299. The van der Waals surface area contributed by atoms with Gasteiger partial charge >= 0.3 is 0 Å². The van der Waals surface area contributed by atoms with Crippen molar-refractivity contribution >= 4 is 11.5 Å². The molecule has 1 aliphatic heterocycles. The van der Waals surface area contributed by atoms with Crippen molar-refractivity contribution in [3.05, 3.63) is 29.8 Å². The van der Waals surface area contributed by atoms with Crippen LogP contribution in [-0.4, -0.2) is 18.9 Å². The first-order valence-corrected chi connectivity index (χ1v) is 6.59. The summed E-state index contributed by atoms with van der Waals surface area (Å²) < 4.78 is 0. The Morgan fingerprint density at radius 3 is 2.94 bits per heavy atom. The molecule has 2 heteroatoms. The van der Waals surface area contributed by atoms with Crippen LogP contribution in [0.25, 0.3) is 0 Å². The third-order valence-corrected chi connectivity index (χ3v) is 3.41. The highest BCUT2D eigenvalue weighted by Gasteiger charge is 2.14. The van der Waals surface area contributed by atoms with E-state index in [2.05, 4.69) is 29.2 Å². The molecule has 1 aromatic carbocycles. The lowest BCUT2D eigenvalue weighted by atomic mass is 10.1. The molecular weight excluding hydrogens is 210 g/mol. The van der Waals surface area contributed by atoms with E-state index in [1.165, 1.54) is 30.5 Å². The summed E-state index contributed by atoms with van der Waals surface area (Å²) >= 11 is 0. The molecule has 1 aromatic rings. The van der Waals surface area contributed by atoms with Gasteiger partial charge in [0.05, 0.1) is 0 Å². The Balaban J connectivity index is 2.04. The van der Waals surface area contributed by atoms with E-state index in [1.54, 1.807) is 6.92 Å². The predicted molar refractivity (Wildman–Crippen MR) is 71.5 cm³/mol. The number of hydrogen-bond acceptors (Lipinski definition) is 2. The number of aryl methyl sites for hydroxylation is 1. The SMILES string of the molecule is CC(=O)CCCN1CCCCc2ccccc21. The molecule has 0 amide bonds. The van der Waals surface area contributed by atoms with Crippen LogP contribution in [0.15, 0.2) is 24.3 Å². The maximum Gasteiger partial charge on any atom is 0.129 e. The minimum absolute atomic E-state index is 0.299. The Morgan fingerprint density at radius 1 is 1.29 bits per heavy atom. The maximum absolute atomic E-state index is 11.0. The summed E-state index contributed by atoms with van der Waals surface area (Å²) in [6.45, 7) is 3.82. The zero-order valence-electron chi connectivity index (χ0n) is 10.6. The Labute approximate surface area is 104 Å². The zero-order chi connectivity index (χ0) is 12.1. The van der Waals surface area contributed by atoms with Gasteiger partial charge in [0, 0.05) is 25.2 Å². The number of para-hydroxylation sites is 1. The van der Waals surface area contributed by atoms with E-state index < -0.39 is 0 Å². The summed E-state index contributed by atoms with van der Waals surface area (Å²) in [5, 5.41) is 0. The molecule has 2 rings (SSSR count). The van der Waals surface area contributed by atoms with Crippen molar-refractivity contribution in [2.45, 2.75) is 39.0 Å². The lowest BCUT2D eigenvalue weighted by molar-refractivity contribution is -0.117. The van der Waals surface area contributed by atoms with Crippen LogP contribution in [0.1, 0.15) is 38.2 Å². The van der Waals surface area contributed by atoms with Gasteiger partial charge in [-0.25, -0.2) is 0 Å². The number of fused-ring (bicyclic) bond motifs is 1. The molecule has 0 atom stereocenters. The van der Waals surface area contributed by atoms with E-state index in [4.69, 9.17) is 0 Å². The van der Waals surface area contributed by atoms with Crippen molar-refractivity contribution < 1.29 is 4.79 Å². The first kappa shape index (κ1) is 12.2. The van der Waals surface area contributed by atoms with Crippen molar-refractivity contribution in [3.8, 4) is 0 Å². The fourth-order valence-corrected chi connectivity index (χ4v) is 2.52. The second kappa shape index (κ2) is 5.85. The number of hydrogen-bond donors (Lipinski definition) is 0. The van der Waals surface area contributed by atoms with Crippen molar-refractivity contribution in [1.82, 2.24) is 0 Å². The maximum atomic E-state index is 11.0. The highest BCUT2D eigenvalue weighted by atomic mass is 16.1. The standard InChI is InChI=1S/C15H21NO/c1-13(17)7-6-12-16-11-5-4-9-14-8-2-3-10-15(14)16/h2-3,8,10H,4-7,9,11-12H2,1H3. The molecular formula is C15H21NO. The Hall–Kier alpha value is -1.31. The van der Waals surface area contributed by atoms with Gasteiger partial charge in [-0.3, -0.25) is 0 Å². The molecule has 0 spiro atoms. The summed E-state index contributed by atoms with van der Waals surface area (Å²) in [5.41, 5.74) is 2.85. The van der Waals surface area contributed by atoms with Gasteiger partial charge in [0.15, 0.2) is 0 Å². The van der Waals surface area contributed by atoms with Crippen molar-refractivity contribution in [2.24, 2.45) is 0 Å². The van der Waals surface area contributed by atoms with E-state index in [-0.39, 0.29) is 0 Å². The van der Waals surface area contributed by atoms with E-state index in [1.807, 2.05) is 0 Å². The second-order valence-electron chi connectivity index (χ2n) is 4.88. The molecule has 92 valence electrons. The molecule has 0 aliphatic carbocycles. The Bertz CT molecular complexity index is 386. The predicted octanol–water partition coefficient (Wildman–Crippen LogP) is 3.20. The van der Waals surface area contributed by atoms with Crippen LogP contribution in [0.4, 0.5) is 5.69 Å². The normalized spacial score (nSPS) is 15.2. The van der Waals surface area contributed by atoms with Gasteiger partial charge < -0.3 is 9.69 Å². The second-order valence-corrected chi connectivity index (χ2v) is 4.88. The van der Waals surface area contributed by atoms with Crippen molar-refractivity contribution in [3.63, 3.8) is 0 Å². The Kier molecular flexibility index (Phi) is 4.18. The van der Waals surface area contributed by atoms with Crippen LogP contribution < -0.4 is 4.90 Å². The highest BCUT2D eigenvalue weighted by molar-refractivity contribution is 5.75. The molecule has 1 aliphatic rings. The zero-order valence-corrected chi connectivity index (χ0v) is 10.6. The smallest absolute Gasteiger partial charge is 0.129 e. The molecule has 2 nitrogen and oxygen atoms in total. The molecule has 0 saturated carbocycles. The van der Waals surface area contributed by atoms with E-state index in [0.717, 1.165) is 19.5 Å². The van der Waals surface area contributed by atoms with Gasteiger partial charge in [-0.15, -0.1) is 0 Å². The van der Waals surface area contributed by atoms with Crippen LogP contribution in [0.5, 0.6) is 0 Å². The number of benzene rings is 1. The minimum Gasteiger partial charge on any atom is -0.371 e. The van der Waals surface area contributed by atoms with Gasteiger partial charge in [-0.1, -0.05) is 18.2 Å². The number of carbonyl (C=O) groups excluding carboxylic acids is 1. The molecule has 1 heterocycles. The van der Waals surface area contributed by atoms with Gasteiger partial charge in [0.1, 0.15) is 5.78 Å². The molecule has 0 unspecified atom stereocenters. The molecule has 0 aromatic heterocycles. The quantitative estimate of drug-likeness (QED) is 0.793. The third-order valence-electron chi connectivity index (χ3n) is 3.41. The van der Waals surface area contributed by atoms with Gasteiger partial charge in [0.25, 0.3) is 0 Å². The minimum atomic E-state index is 0.299. The average molecular weight is 231 g/mol. The van der Waals surface area contributed by atoms with E-state index in [0.29, 0.717) is 12.2 Å². The first-order valence-electron chi connectivity index (χ1n) is 6.59. The Morgan fingerprint density at radius 2 is 2.12 bits per heavy atom. The fourth-order valence-electron chi connectivity index (χ4n) is 2.52. The largest absolute Gasteiger partial charge is 0.371 e. The first-order chi connectivity index (χ1) is 8.27. The highest BCUT2D eigenvalue weighted by Crippen LogP contribution is 2.26. The number of anilines is 1. The molecule has 0 fully saturated rings. The molecule has 17 heavy (non-hydrogen) atoms. The van der Waals surface area contributed by atoms with Gasteiger partial charge in [0.2, 0.25) is 0 Å². The van der Waals surface area contributed by atoms with Crippen molar-refractivity contribution in [1.29, 1.82) is 0 Å². The molecule has 0 radical (unpaired) electrons. The summed E-state index contributed by atoms with van der Waals surface area (Å²) in [4.78, 5) is 13.4. The summed E-state index contributed by atoms with van der Waals surface area (Å²) in [7, 11) is 0. The number of carbonyl (C=O) groups is 1. The topological polar surface area (TPSA) is 20.3 Å². The molecule has 0 N–H and O–H groups in total. The third kappa shape index (κ3) is 3.32. The fraction of sp³-hybridized carbons (Fsp3) is 0.533. The van der Waals surface area contributed by atoms with Crippen LogP contribution in [-0.2, 0) is 11.2 Å². The molecule has 0 bridgehead atoms. The van der Waals surface area contributed by atoms with Crippen LogP contribution in [0, 0.1) is 0 Å². The van der Waals surface area contributed by atoms with Crippen LogP contribution >= 0.6 is 0 Å². The average Bonchev–Trinajstić information content (AvgIpc) is 2.52. The monoisotopic (exact) mass is 231 g/mol. The number of rotatable bonds is 4. The van der Waals surface area contributed by atoms with Gasteiger partial charge in [-0.2, -0.15) is 0 Å². The van der Waals surface area contributed by atoms with Crippen molar-refractivity contribution in [2.75, 3.05) is 18.0 Å². The van der Waals surface area contributed by atoms with E-state index >= 15 is 0 Å². The van der Waals surface area contributed by atoms with Crippen LogP contribution in [0.3, 0.4) is 0 Å². The summed E-state index contributed by atoms with van der Waals surface area (Å²) in [6.07, 6.45) is 5.41. The summed E-state index contributed by atoms with van der Waals surface area (Å²) in [6, 6.07) is 8.69. The number of nitrogens with zero attached hydrogens (tertiary/aromatic N) is 1. The van der Waals surface area contributed by atoms with Crippen LogP contribution in [0.2, 0.25) is 0 Å². The lowest BCUT2D eigenvalue weighted by Crippen LogP contribution is -2.25.